The van der Waals surface area contributed by atoms with Gasteiger partial charge < -0.3 is 9.88 Å². The molecule has 1 N–H and O–H groups in total. The maximum atomic E-state index is 13.5. The van der Waals surface area contributed by atoms with Gasteiger partial charge in [0, 0.05) is 18.9 Å². The van der Waals surface area contributed by atoms with Crippen LogP contribution in [0.25, 0.3) is 0 Å². The minimum atomic E-state index is -1.49. The normalized spacial score (nSPS) is 11.1. The molecular weight excluding hydrogens is 255 g/mol. The molecule has 0 aliphatic heterocycles. The molecule has 0 unspecified atom stereocenters. The van der Waals surface area contributed by atoms with Crippen LogP contribution in [0, 0.1) is 23.4 Å². The fourth-order valence-corrected chi connectivity index (χ4v) is 1.72. The third-order valence-electron chi connectivity index (χ3n) is 2.56. The Morgan fingerprint density at radius 2 is 1.95 bits per heavy atom. The largest absolute Gasteiger partial charge is 0.323 e. The van der Waals surface area contributed by atoms with Gasteiger partial charge in [-0.05, 0) is 18.1 Å². The van der Waals surface area contributed by atoms with Gasteiger partial charge in [-0.2, -0.15) is 0 Å². The number of halogens is 3. The molecule has 102 valence electrons. The first-order valence-electron chi connectivity index (χ1n) is 5.90. The molecule has 2 aromatic rings. The summed E-state index contributed by atoms with van der Waals surface area (Å²) in [6.07, 6.45) is 3.29. The Bertz CT molecular complexity index is 579. The van der Waals surface area contributed by atoms with Gasteiger partial charge in [-0.15, -0.1) is 0 Å². The molecule has 0 aliphatic rings. The molecule has 1 aromatic carbocycles. The van der Waals surface area contributed by atoms with Crippen LogP contribution in [-0.2, 0) is 6.54 Å². The van der Waals surface area contributed by atoms with Gasteiger partial charge in [0.25, 0.3) is 0 Å². The van der Waals surface area contributed by atoms with Gasteiger partial charge in [0.15, 0.2) is 17.5 Å². The van der Waals surface area contributed by atoms with Crippen molar-refractivity contribution in [3.05, 3.63) is 42.0 Å². The van der Waals surface area contributed by atoms with Crippen LogP contribution in [0.4, 0.5) is 24.8 Å². The van der Waals surface area contributed by atoms with Crippen molar-refractivity contribution in [1.82, 2.24) is 9.55 Å². The molecule has 6 heteroatoms. The van der Waals surface area contributed by atoms with E-state index in [-0.39, 0.29) is 5.69 Å². The molecule has 1 aromatic heterocycles. The van der Waals surface area contributed by atoms with Crippen molar-refractivity contribution in [3.63, 3.8) is 0 Å². The molecule has 0 saturated carbocycles. The highest BCUT2D eigenvalue weighted by molar-refractivity contribution is 5.54. The van der Waals surface area contributed by atoms with Gasteiger partial charge in [0.05, 0.1) is 5.69 Å². The Labute approximate surface area is 109 Å². The summed E-state index contributed by atoms with van der Waals surface area (Å²) in [7, 11) is 0. The fraction of sp³-hybridized carbons (Fsp3) is 0.308. The van der Waals surface area contributed by atoms with Crippen LogP contribution in [-0.4, -0.2) is 9.55 Å². The van der Waals surface area contributed by atoms with Crippen molar-refractivity contribution < 1.29 is 13.2 Å². The van der Waals surface area contributed by atoms with E-state index in [1.165, 1.54) is 0 Å². The summed E-state index contributed by atoms with van der Waals surface area (Å²) in [6, 6.07) is 2.01. The summed E-state index contributed by atoms with van der Waals surface area (Å²) >= 11 is 0. The minimum Gasteiger partial charge on any atom is -0.323 e. The fourth-order valence-electron chi connectivity index (χ4n) is 1.72. The molecule has 2 rings (SSSR count). The maximum absolute atomic E-state index is 13.5. The number of nitrogens with one attached hydrogen (secondary N) is 1. The minimum absolute atomic E-state index is 0.143. The Morgan fingerprint density at radius 1 is 1.21 bits per heavy atom. The Balaban J connectivity index is 2.27. The zero-order chi connectivity index (χ0) is 14.0. The van der Waals surface area contributed by atoms with E-state index in [0.717, 1.165) is 12.1 Å². The summed E-state index contributed by atoms with van der Waals surface area (Å²) in [5.41, 5.74) is -0.143. The van der Waals surface area contributed by atoms with Crippen molar-refractivity contribution in [2.45, 2.75) is 20.4 Å². The summed E-state index contributed by atoms with van der Waals surface area (Å²) in [4.78, 5) is 4.03. The second-order valence-corrected chi connectivity index (χ2v) is 4.64. The zero-order valence-electron chi connectivity index (χ0n) is 10.6. The average molecular weight is 269 g/mol. The van der Waals surface area contributed by atoms with Crippen LogP contribution < -0.4 is 5.32 Å². The molecule has 0 saturated heterocycles. The van der Waals surface area contributed by atoms with Crippen LogP contribution in [0.5, 0.6) is 0 Å². The lowest BCUT2D eigenvalue weighted by atomic mass is 10.2. The predicted octanol–water partition coefficient (Wildman–Crippen LogP) is 3.70. The molecule has 0 bridgehead atoms. The highest BCUT2D eigenvalue weighted by Crippen LogP contribution is 2.23. The molecule has 0 aliphatic carbocycles. The number of hydrogen-bond acceptors (Lipinski definition) is 2. The SMILES string of the molecule is CC(C)Cn1ccnc1Nc1ccc(F)c(F)c1F. The van der Waals surface area contributed by atoms with E-state index < -0.39 is 17.5 Å². The van der Waals surface area contributed by atoms with Crippen molar-refractivity contribution in [2.24, 2.45) is 5.92 Å². The second kappa shape index (κ2) is 5.34. The van der Waals surface area contributed by atoms with Crippen molar-refractivity contribution >= 4 is 11.6 Å². The Kier molecular flexibility index (Phi) is 3.78. The van der Waals surface area contributed by atoms with E-state index in [4.69, 9.17) is 0 Å². The lowest BCUT2D eigenvalue weighted by molar-refractivity contribution is 0.449. The van der Waals surface area contributed by atoms with E-state index in [1.54, 1.807) is 17.0 Å². The van der Waals surface area contributed by atoms with Gasteiger partial charge in [0.1, 0.15) is 0 Å². The van der Waals surface area contributed by atoms with E-state index in [1.807, 2.05) is 13.8 Å². The maximum Gasteiger partial charge on any atom is 0.207 e. The van der Waals surface area contributed by atoms with Crippen molar-refractivity contribution in [3.8, 4) is 0 Å². The van der Waals surface area contributed by atoms with Crippen molar-refractivity contribution in [1.29, 1.82) is 0 Å². The van der Waals surface area contributed by atoms with Gasteiger partial charge in [-0.25, -0.2) is 18.2 Å². The third kappa shape index (κ3) is 2.89. The van der Waals surface area contributed by atoms with E-state index in [9.17, 15) is 13.2 Å². The van der Waals surface area contributed by atoms with Crippen LogP contribution in [0.2, 0.25) is 0 Å². The molecule has 19 heavy (non-hydrogen) atoms. The van der Waals surface area contributed by atoms with Crippen LogP contribution in [0.1, 0.15) is 13.8 Å². The van der Waals surface area contributed by atoms with Gasteiger partial charge in [0.2, 0.25) is 5.95 Å². The lowest BCUT2D eigenvalue weighted by Gasteiger charge is -2.12. The topological polar surface area (TPSA) is 29.9 Å². The monoisotopic (exact) mass is 269 g/mol. The molecule has 3 nitrogen and oxygen atoms in total. The summed E-state index contributed by atoms with van der Waals surface area (Å²) in [5, 5.41) is 2.66. The number of anilines is 2. The van der Waals surface area contributed by atoms with Gasteiger partial charge in [-0.3, -0.25) is 0 Å². The number of hydrogen-bond donors (Lipinski definition) is 1. The lowest BCUT2D eigenvalue weighted by Crippen LogP contribution is -2.08. The van der Waals surface area contributed by atoms with Gasteiger partial charge in [-0.1, -0.05) is 13.8 Å². The summed E-state index contributed by atoms with van der Waals surface area (Å²) < 4.78 is 41.3. The number of aromatic nitrogens is 2. The van der Waals surface area contributed by atoms with Gasteiger partial charge >= 0.3 is 0 Å². The first-order valence-corrected chi connectivity index (χ1v) is 5.90. The average Bonchev–Trinajstić information content (AvgIpc) is 2.77. The highest BCUT2D eigenvalue weighted by Gasteiger charge is 2.15. The molecule has 0 spiro atoms. The summed E-state index contributed by atoms with van der Waals surface area (Å²) in [5.74, 6) is -3.19. The summed E-state index contributed by atoms with van der Waals surface area (Å²) in [6.45, 7) is 4.75. The number of nitrogens with zero attached hydrogens (tertiary/aromatic N) is 2. The molecule has 0 radical (unpaired) electrons. The zero-order valence-corrected chi connectivity index (χ0v) is 10.6. The standard InChI is InChI=1S/C13H14F3N3/c1-8(2)7-19-6-5-17-13(19)18-10-4-3-9(14)11(15)12(10)16/h3-6,8H,7H2,1-2H3,(H,17,18). The first kappa shape index (κ1) is 13.5. The van der Waals surface area contributed by atoms with Crippen molar-refractivity contribution in [2.75, 3.05) is 5.32 Å². The molecule has 0 atom stereocenters. The number of imidazole rings is 1. The van der Waals surface area contributed by atoms with Crippen LogP contribution >= 0.6 is 0 Å². The predicted molar refractivity (Wildman–Crippen MR) is 66.7 cm³/mol. The Morgan fingerprint density at radius 3 is 2.63 bits per heavy atom. The number of rotatable bonds is 4. The van der Waals surface area contributed by atoms with Crippen LogP contribution in [0.15, 0.2) is 24.5 Å². The van der Waals surface area contributed by atoms with Crippen LogP contribution in [0.3, 0.4) is 0 Å². The molecular formula is C13H14F3N3. The van der Waals surface area contributed by atoms with E-state index >= 15 is 0 Å². The first-order chi connectivity index (χ1) is 8.99. The Hall–Kier alpha value is -1.98. The third-order valence-corrected chi connectivity index (χ3v) is 2.56. The quantitative estimate of drug-likeness (QED) is 0.858. The van der Waals surface area contributed by atoms with E-state index in [2.05, 4.69) is 10.3 Å². The smallest absolute Gasteiger partial charge is 0.207 e. The second-order valence-electron chi connectivity index (χ2n) is 4.64. The number of benzene rings is 1. The van der Waals surface area contributed by atoms with E-state index in [0.29, 0.717) is 18.4 Å². The highest BCUT2D eigenvalue weighted by atomic mass is 19.2. The molecule has 0 amide bonds. The molecule has 0 fully saturated rings. The molecule has 1 heterocycles.